The van der Waals surface area contributed by atoms with Crippen LogP contribution in [0.5, 0.6) is 0 Å². The fraction of sp³-hybridized carbons (Fsp3) is 0. The zero-order valence-electron chi connectivity index (χ0n) is 17.3. The normalized spacial score (nSPS) is 11.1. The molecule has 0 aliphatic carbocycles. The fourth-order valence-corrected chi connectivity index (χ4v) is 4.24. The topological polar surface area (TPSA) is 136 Å². The lowest BCUT2D eigenvalue weighted by atomic mass is 10.1. The number of carbonyl (C=O) groups excluding carboxylic acids is 1. The maximum Gasteiger partial charge on any atom is 0.270 e. The van der Waals surface area contributed by atoms with Crippen LogP contribution in [-0.4, -0.2) is 29.0 Å². The Morgan fingerprint density at radius 3 is 2.53 bits per heavy atom. The number of para-hydroxylation sites is 1. The number of nitrogens with one attached hydrogen (secondary N) is 2. The van der Waals surface area contributed by atoms with Crippen molar-refractivity contribution in [3.05, 3.63) is 107 Å². The standard InChI is InChI=1S/C22H16FN5O5S/c23-19-13-15(9-10-21(19)27-12-4-11-24-27)25-22(29)18-7-1-2-8-20(18)26-34(32,33)17-6-3-5-16(14-17)28(30)31/h1-14,26H,(H,25,29). The zero-order chi connectivity index (χ0) is 24.3. The van der Waals surface area contributed by atoms with Crippen LogP contribution in [0.2, 0.25) is 0 Å². The van der Waals surface area contributed by atoms with Gasteiger partial charge >= 0.3 is 0 Å². The first-order valence-corrected chi connectivity index (χ1v) is 11.2. The van der Waals surface area contributed by atoms with Crippen molar-refractivity contribution in [2.75, 3.05) is 10.0 Å². The number of rotatable bonds is 7. The maximum absolute atomic E-state index is 14.5. The number of benzene rings is 3. The summed E-state index contributed by atoms with van der Waals surface area (Å²) in [6, 6.07) is 16.0. The number of non-ortho nitro benzene ring substituents is 1. The lowest BCUT2D eigenvalue weighted by Gasteiger charge is -2.13. The number of hydrogen-bond donors (Lipinski definition) is 2. The first-order valence-electron chi connectivity index (χ1n) is 9.72. The summed E-state index contributed by atoms with van der Waals surface area (Å²) in [6.45, 7) is 0. The van der Waals surface area contributed by atoms with Crippen LogP contribution in [0.25, 0.3) is 5.69 Å². The van der Waals surface area contributed by atoms with Gasteiger partial charge in [-0.15, -0.1) is 0 Å². The summed E-state index contributed by atoms with van der Waals surface area (Å²) in [7, 11) is -4.24. The number of nitro benzene ring substituents is 1. The van der Waals surface area contributed by atoms with E-state index in [1.807, 2.05) is 0 Å². The molecule has 3 aromatic carbocycles. The Hall–Kier alpha value is -4.58. The first kappa shape index (κ1) is 22.6. The van der Waals surface area contributed by atoms with Gasteiger partial charge in [0.1, 0.15) is 5.69 Å². The van der Waals surface area contributed by atoms with Crippen LogP contribution in [0, 0.1) is 15.9 Å². The van der Waals surface area contributed by atoms with Crippen molar-refractivity contribution in [3.63, 3.8) is 0 Å². The number of nitrogens with zero attached hydrogens (tertiary/aromatic N) is 3. The van der Waals surface area contributed by atoms with Crippen molar-refractivity contribution in [2.45, 2.75) is 4.90 Å². The molecule has 1 heterocycles. The number of halogens is 1. The molecule has 34 heavy (non-hydrogen) atoms. The van der Waals surface area contributed by atoms with E-state index in [-0.39, 0.29) is 27.5 Å². The van der Waals surface area contributed by atoms with Gasteiger partial charge in [-0.1, -0.05) is 18.2 Å². The number of aromatic nitrogens is 2. The van der Waals surface area contributed by atoms with E-state index in [9.17, 15) is 27.7 Å². The van der Waals surface area contributed by atoms with E-state index in [4.69, 9.17) is 0 Å². The third-order valence-corrected chi connectivity index (χ3v) is 6.07. The molecule has 10 nitrogen and oxygen atoms in total. The van der Waals surface area contributed by atoms with Gasteiger partial charge in [-0.3, -0.25) is 19.6 Å². The second kappa shape index (κ2) is 9.11. The molecule has 0 atom stereocenters. The number of carbonyl (C=O) groups is 1. The van der Waals surface area contributed by atoms with Crippen LogP contribution in [0.15, 0.2) is 90.1 Å². The van der Waals surface area contributed by atoms with Crippen molar-refractivity contribution in [2.24, 2.45) is 0 Å². The molecule has 1 amide bonds. The molecule has 2 N–H and O–H groups in total. The van der Waals surface area contributed by atoms with Gasteiger partial charge in [-0.2, -0.15) is 5.10 Å². The Bertz CT molecular complexity index is 1490. The average molecular weight is 481 g/mol. The van der Waals surface area contributed by atoms with Gasteiger partial charge in [0.2, 0.25) is 0 Å². The Morgan fingerprint density at radius 2 is 1.82 bits per heavy atom. The Balaban J connectivity index is 1.58. The van der Waals surface area contributed by atoms with Gasteiger partial charge in [0.25, 0.3) is 21.6 Å². The molecular formula is C22H16FN5O5S. The van der Waals surface area contributed by atoms with E-state index in [0.29, 0.717) is 0 Å². The number of nitro groups is 1. The van der Waals surface area contributed by atoms with Gasteiger partial charge in [0, 0.05) is 30.2 Å². The smallest absolute Gasteiger partial charge is 0.270 e. The summed E-state index contributed by atoms with van der Waals surface area (Å²) in [6.07, 6.45) is 3.07. The fourth-order valence-electron chi connectivity index (χ4n) is 3.12. The molecule has 4 rings (SSSR count). The van der Waals surface area contributed by atoms with Crippen LogP contribution in [-0.2, 0) is 10.0 Å². The minimum Gasteiger partial charge on any atom is -0.322 e. The van der Waals surface area contributed by atoms with Gasteiger partial charge < -0.3 is 5.32 Å². The van der Waals surface area contributed by atoms with Gasteiger partial charge in [0.15, 0.2) is 5.82 Å². The zero-order valence-corrected chi connectivity index (χ0v) is 18.1. The van der Waals surface area contributed by atoms with E-state index in [1.54, 1.807) is 12.3 Å². The molecule has 172 valence electrons. The molecule has 0 aliphatic heterocycles. The van der Waals surface area contributed by atoms with E-state index in [2.05, 4.69) is 15.1 Å². The minimum absolute atomic E-state index is 0.0342. The third-order valence-electron chi connectivity index (χ3n) is 4.71. The second-order valence-electron chi connectivity index (χ2n) is 6.98. The highest BCUT2D eigenvalue weighted by Gasteiger charge is 2.21. The first-order chi connectivity index (χ1) is 16.2. The summed E-state index contributed by atoms with van der Waals surface area (Å²) in [5, 5.41) is 17.5. The van der Waals surface area contributed by atoms with Crippen molar-refractivity contribution in [1.29, 1.82) is 0 Å². The van der Waals surface area contributed by atoms with E-state index < -0.39 is 32.4 Å². The highest BCUT2D eigenvalue weighted by atomic mass is 32.2. The molecule has 4 aromatic rings. The summed E-state index contributed by atoms with van der Waals surface area (Å²) in [5.74, 6) is -1.32. The van der Waals surface area contributed by atoms with Crippen molar-refractivity contribution in [1.82, 2.24) is 9.78 Å². The molecule has 0 unspecified atom stereocenters. The lowest BCUT2D eigenvalue weighted by molar-refractivity contribution is -0.385. The second-order valence-corrected chi connectivity index (χ2v) is 8.66. The summed E-state index contributed by atoms with van der Waals surface area (Å²) >= 11 is 0. The number of hydrogen-bond acceptors (Lipinski definition) is 6. The largest absolute Gasteiger partial charge is 0.322 e. The summed E-state index contributed by atoms with van der Waals surface area (Å²) in [5.41, 5.74) is -0.148. The Morgan fingerprint density at radius 1 is 1.03 bits per heavy atom. The molecule has 0 radical (unpaired) electrons. The van der Waals surface area contributed by atoms with Crippen LogP contribution in [0.4, 0.5) is 21.5 Å². The van der Waals surface area contributed by atoms with Crippen LogP contribution in [0.1, 0.15) is 10.4 Å². The quantitative estimate of drug-likeness (QED) is 0.303. The third kappa shape index (κ3) is 4.76. The van der Waals surface area contributed by atoms with Crippen molar-refractivity contribution in [3.8, 4) is 5.69 Å². The lowest BCUT2D eigenvalue weighted by Crippen LogP contribution is -2.19. The predicted octanol–water partition coefficient (Wildman–Crippen LogP) is 3.97. The maximum atomic E-state index is 14.5. The molecule has 0 spiro atoms. The Labute approximate surface area is 192 Å². The van der Waals surface area contributed by atoms with E-state index in [1.165, 1.54) is 59.4 Å². The highest BCUT2D eigenvalue weighted by molar-refractivity contribution is 7.92. The van der Waals surface area contributed by atoms with Crippen LogP contribution >= 0.6 is 0 Å². The van der Waals surface area contributed by atoms with Gasteiger partial charge in [0.05, 0.1) is 21.1 Å². The van der Waals surface area contributed by atoms with Gasteiger partial charge in [-0.25, -0.2) is 17.5 Å². The van der Waals surface area contributed by atoms with E-state index in [0.717, 1.165) is 18.2 Å². The van der Waals surface area contributed by atoms with E-state index >= 15 is 0 Å². The molecule has 1 aromatic heterocycles. The minimum atomic E-state index is -4.24. The number of amides is 1. The number of anilines is 2. The van der Waals surface area contributed by atoms with Crippen LogP contribution in [0.3, 0.4) is 0 Å². The highest BCUT2D eigenvalue weighted by Crippen LogP contribution is 2.24. The summed E-state index contributed by atoms with van der Waals surface area (Å²) < 4.78 is 43.7. The van der Waals surface area contributed by atoms with Crippen molar-refractivity contribution < 1.29 is 22.5 Å². The average Bonchev–Trinajstić information content (AvgIpc) is 3.34. The molecule has 0 saturated heterocycles. The van der Waals surface area contributed by atoms with Gasteiger partial charge in [-0.05, 0) is 42.5 Å². The molecule has 0 saturated carbocycles. The van der Waals surface area contributed by atoms with Crippen molar-refractivity contribution >= 4 is 33.0 Å². The predicted molar refractivity (Wildman–Crippen MR) is 122 cm³/mol. The molecule has 0 bridgehead atoms. The monoisotopic (exact) mass is 481 g/mol. The molecular weight excluding hydrogens is 465 g/mol. The molecule has 12 heteroatoms. The molecule has 0 aliphatic rings. The number of sulfonamides is 1. The molecule has 0 fully saturated rings. The Kier molecular flexibility index (Phi) is 6.06. The van der Waals surface area contributed by atoms with Crippen LogP contribution < -0.4 is 10.0 Å². The SMILES string of the molecule is O=C(Nc1ccc(-n2cccn2)c(F)c1)c1ccccc1NS(=O)(=O)c1cccc([N+](=O)[O-])c1. The summed E-state index contributed by atoms with van der Waals surface area (Å²) in [4.78, 5) is 22.8.